The lowest BCUT2D eigenvalue weighted by Gasteiger charge is -2.28. The molecule has 0 bridgehead atoms. The maximum absolute atomic E-state index is 12.1. The van der Waals surface area contributed by atoms with Crippen LogP contribution in [0.25, 0.3) is 0 Å². The van der Waals surface area contributed by atoms with Gasteiger partial charge in [-0.2, -0.15) is 0 Å². The van der Waals surface area contributed by atoms with Crippen molar-refractivity contribution in [1.29, 1.82) is 0 Å². The number of rotatable bonds is 8. The summed E-state index contributed by atoms with van der Waals surface area (Å²) in [5.74, 6) is 0.281. The smallest absolute Gasteiger partial charge is 0.349 e. The number of aryl methyl sites for hydroxylation is 1. The molecule has 2 aromatic rings. The molecule has 0 radical (unpaired) electrons. The van der Waals surface area contributed by atoms with Gasteiger partial charge in [-0.15, -0.1) is 12.4 Å². The summed E-state index contributed by atoms with van der Waals surface area (Å²) in [6.07, 6.45) is 2.20. The topological polar surface area (TPSA) is 67.8 Å². The van der Waals surface area contributed by atoms with Crippen LogP contribution in [0.4, 0.5) is 0 Å². The summed E-state index contributed by atoms with van der Waals surface area (Å²) in [5.41, 5.74) is 2.26. The van der Waals surface area contributed by atoms with Gasteiger partial charge in [0.25, 0.3) is 0 Å². The average Bonchev–Trinajstić information content (AvgIpc) is 2.71. The number of hydrogen-bond acceptors (Lipinski definition) is 5. The van der Waals surface area contributed by atoms with E-state index < -0.39 is 11.7 Å². The molecule has 0 aromatic heterocycles. The normalized spacial score (nSPS) is 16.6. The number of hydrogen-bond donors (Lipinski definition) is 2. The second-order valence-electron chi connectivity index (χ2n) is 8.18. The van der Waals surface area contributed by atoms with Crippen LogP contribution in [0.3, 0.4) is 0 Å². The van der Waals surface area contributed by atoms with Gasteiger partial charge in [-0.25, -0.2) is 4.79 Å². The predicted octanol–water partition coefficient (Wildman–Crippen LogP) is 4.66. The Balaban J connectivity index is 0.00000341. The minimum absolute atomic E-state index is 0. The van der Waals surface area contributed by atoms with E-state index in [1.54, 1.807) is 32.9 Å². The highest BCUT2D eigenvalue weighted by Gasteiger charge is 2.32. The summed E-state index contributed by atoms with van der Waals surface area (Å²) in [6.45, 7) is 6.00. The highest BCUT2D eigenvalue weighted by molar-refractivity contribution is 6.30. The van der Waals surface area contributed by atoms with Crippen molar-refractivity contribution in [3.63, 3.8) is 0 Å². The first-order valence-corrected chi connectivity index (χ1v) is 10.8. The van der Waals surface area contributed by atoms with Crippen molar-refractivity contribution in [1.82, 2.24) is 5.32 Å². The van der Waals surface area contributed by atoms with E-state index in [9.17, 15) is 9.90 Å². The molecule has 0 saturated heterocycles. The van der Waals surface area contributed by atoms with E-state index >= 15 is 0 Å². The maximum atomic E-state index is 12.1. The van der Waals surface area contributed by atoms with Crippen LogP contribution in [-0.4, -0.2) is 35.9 Å². The van der Waals surface area contributed by atoms with Gasteiger partial charge in [0.1, 0.15) is 5.75 Å². The van der Waals surface area contributed by atoms with Gasteiger partial charge in [-0.05, 0) is 81.0 Å². The lowest BCUT2D eigenvalue weighted by atomic mass is 9.88. The second-order valence-corrected chi connectivity index (χ2v) is 8.62. The third-order valence-electron chi connectivity index (χ3n) is 5.38. The highest BCUT2D eigenvalue weighted by Crippen LogP contribution is 2.28. The molecular formula is C24H31Cl2NO4. The second kappa shape index (κ2) is 11.2. The molecule has 1 aliphatic carbocycles. The monoisotopic (exact) mass is 467 g/mol. The van der Waals surface area contributed by atoms with E-state index in [0.717, 1.165) is 24.8 Å². The van der Waals surface area contributed by atoms with Crippen LogP contribution in [0.5, 0.6) is 5.75 Å². The molecule has 0 fully saturated rings. The average molecular weight is 468 g/mol. The van der Waals surface area contributed by atoms with Crippen LogP contribution in [0.1, 0.15) is 50.0 Å². The van der Waals surface area contributed by atoms with Gasteiger partial charge in [-0.1, -0.05) is 29.8 Å². The van der Waals surface area contributed by atoms with Gasteiger partial charge in [-0.3, -0.25) is 0 Å². The first-order chi connectivity index (χ1) is 14.3. The zero-order valence-corrected chi connectivity index (χ0v) is 19.8. The van der Waals surface area contributed by atoms with Crippen molar-refractivity contribution in [3.8, 4) is 5.75 Å². The van der Waals surface area contributed by atoms with Gasteiger partial charge in [0.05, 0.1) is 12.7 Å². The number of fused-ring (bicyclic) bond motifs is 1. The van der Waals surface area contributed by atoms with Crippen molar-refractivity contribution < 1.29 is 19.4 Å². The van der Waals surface area contributed by atoms with Crippen molar-refractivity contribution in [2.24, 2.45) is 0 Å². The standard InChI is InChI=1S/C24H30ClNO4.ClH/c1-4-29-23(28)24(2,3)30-21-11-9-16-8-10-20(13-18(16)14-21)26-15-22(27)17-6-5-7-19(25)12-17;/h5-7,9,11-12,14,20,22,26-27H,4,8,10,13,15H2,1-3H3;1H. The molecule has 7 heteroatoms. The fraction of sp³-hybridized carbons (Fsp3) is 0.458. The van der Waals surface area contributed by atoms with Crippen LogP contribution in [0.2, 0.25) is 5.02 Å². The van der Waals surface area contributed by atoms with Crippen LogP contribution in [-0.2, 0) is 22.4 Å². The van der Waals surface area contributed by atoms with Gasteiger partial charge in [0, 0.05) is 17.6 Å². The zero-order valence-electron chi connectivity index (χ0n) is 18.2. The summed E-state index contributed by atoms with van der Waals surface area (Å²) in [7, 11) is 0. The van der Waals surface area contributed by atoms with Crippen molar-refractivity contribution >= 4 is 30.0 Å². The van der Waals surface area contributed by atoms with Gasteiger partial charge >= 0.3 is 5.97 Å². The number of benzene rings is 2. The highest BCUT2D eigenvalue weighted by atomic mass is 35.5. The number of carbonyl (C=O) groups is 1. The van der Waals surface area contributed by atoms with Crippen molar-refractivity contribution in [2.75, 3.05) is 13.2 Å². The molecule has 0 spiro atoms. The van der Waals surface area contributed by atoms with Crippen LogP contribution < -0.4 is 10.1 Å². The molecule has 2 unspecified atom stereocenters. The molecule has 2 aromatic carbocycles. The summed E-state index contributed by atoms with van der Waals surface area (Å²) in [5, 5.41) is 14.5. The molecule has 0 saturated carbocycles. The Morgan fingerprint density at radius 2 is 2.03 bits per heavy atom. The van der Waals surface area contributed by atoms with E-state index in [1.165, 1.54) is 11.1 Å². The molecular weight excluding hydrogens is 437 g/mol. The number of ether oxygens (including phenoxy) is 2. The largest absolute Gasteiger partial charge is 0.476 e. The van der Waals surface area contributed by atoms with E-state index in [2.05, 4.69) is 11.4 Å². The van der Waals surface area contributed by atoms with Crippen LogP contribution in [0.15, 0.2) is 42.5 Å². The summed E-state index contributed by atoms with van der Waals surface area (Å²) >= 11 is 6.02. The number of esters is 1. The number of carbonyl (C=O) groups excluding carboxylic acids is 1. The summed E-state index contributed by atoms with van der Waals surface area (Å²) in [4.78, 5) is 12.1. The van der Waals surface area contributed by atoms with Gasteiger partial charge in [0.15, 0.2) is 5.60 Å². The predicted molar refractivity (Wildman–Crippen MR) is 125 cm³/mol. The zero-order chi connectivity index (χ0) is 21.7. The van der Waals surface area contributed by atoms with Crippen LogP contribution >= 0.6 is 24.0 Å². The number of aliphatic hydroxyl groups excluding tert-OH is 1. The Labute approximate surface area is 195 Å². The first-order valence-electron chi connectivity index (χ1n) is 10.4. The van der Waals surface area contributed by atoms with E-state index in [-0.39, 0.29) is 24.4 Å². The van der Waals surface area contributed by atoms with Gasteiger partial charge in [0.2, 0.25) is 0 Å². The Kier molecular flexibility index (Phi) is 9.19. The molecule has 31 heavy (non-hydrogen) atoms. The quantitative estimate of drug-likeness (QED) is 0.552. The summed E-state index contributed by atoms with van der Waals surface area (Å²) < 4.78 is 11.0. The lowest BCUT2D eigenvalue weighted by molar-refractivity contribution is -0.158. The minimum atomic E-state index is -1.04. The van der Waals surface area contributed by atoms with E-state index in [1.807, 2.05) is 24.3 Å². The third kappa shape index (κ3) is 6.84. The maximum Gasteiger partial charge on any atom is 0.349 e. The fourth-order valence-corrected chi connectivity index (χ4v) is 3.92. The molecule has 2 N–H and O–H groups in total. The van der Waals surface area contributed by atoms with Crippen molar-refractivity contribution in [3.05, 3.63) is 64.2 Å². The van der Waals surface area contributed by atoms with Crippen LogP contribution in [0, 0.1) is 0 Å². The first kappa shape index (κ1) is 25.5. The lowest BCUT2D eigenvalue weighted by Crippen LogP contribution is -2.40. The number of aliphatic hydroxyl groups is 1. The van der Waals surface area contributed by atoms with E-state index in [0.29, 0.717) is 23.9 Å². The Morgan fingerprint density at radius 1 is 1.26 bits per heavy atom. The molecule has 1 aliphatic rings. The Morgan fingerprint density at radius 3 is 2.74 bits per heavy atom. The molecule has 170 valence electrons. The summed E-state index contributed by atoms with van der Waals surface area (Å²) in [6, 6.07) is 13.6. The molecule has 0 heterocycles. The SMILES string of the molecule is CCOC(=O)C(C)(C)Oc1ccc2c(c1)CC(NCC(O)c1cccc(Cl)c1)CC2.Cl. The Bertz CT molecular complexity index is 888. The molecule has 5 nitrogen and oxygen atoms in total. The van der Waals surface area contributed by atoms with Gasteiger partial charge < -0.3 is 19.9 Å². The fourth-order valence-electron chi connectivity index (χ4n) is 3.72. The number of halogens is 2. The molecule has 0 amide bonds. The molecule has 2 atom stereocenters. The minimum Gasteiger partial charge on any atom is -0.476 e. The molecule has 3 rings (SSSR count). The Hall–Kier alpha value is -1.79. The third-order valence-corrected chi connectivity index (χ3v) is 5.61. The van der Waals surface area contributed by atoms with E-state index in [4.69, 9.17) is 21.1 Å². The molecule has 0 aliphatic heterocycles. The number of nitrogens with one attached hydrogen (secondary N) is 1. The van der Waals surface area contributed by atoms with Crippen molar-refractivity contribution in [2.45, 2.75) is 57.8 Å².